The number of aryl methyl sites for hydroxylation is 1. The molecule has 0 aromatic heterocycles. The summed E-state index contributed by atoms with van der Waals surface area (Å²) in [6.07, 6.45) is -4.27. The van der Waals surface area contributed by atoms with Crippen molar-refractivity contribution >= 4 is 5.69 Å². The van der Waals surface area contributed by atoms with Gasteiger partial charge in [-0.25, -0.2) is 0 Å². The van der Waals surface area contributed by atoms with E-state index in [9.17, 15) is 13.2 Å². The molecule has 0 unspecified atom stereocenters. The van der Waals surface area contributed by atoms with Gasteiger partial charge in [0.15, 0.2) is 0 Å². The lowest BCUT2D eigenvalue weighted by Gasteiger charge is -2.23. The van der Waals surface area contributed by atoms with E-state index >= 15 is 0 Å². The highest BCUT2D eigenvalue weighted by atomic mass is 19.4. The summed E-state index contributed by atoms with van der Waals surface area (Å²) in [6, 6.07) is 6.74. The highest BCUT2D eigenvalue weighted by Crippen LogP contribution is 2.26. The number of hydrogen-bond donors (Lipinski definition) is 0. The Labute approximate surface area is 91.9 Å². The van der Waals surface area contributed by atoms with E-state index in [1.54, 1.807) is 19.1 Å². The van der Waals surface area contributed by atoms with Crippen molar-refractivity contribution in [3.63, 3.8) is 0 Å². The van der Waals surface area contributed by atoms with Crippen molar-refractivity contribution in [2.24, 2.45) is 0 Å². The number of hydrogen-bond acceptors (Lipinski definition) is 2. The van der Waals surface area contributed by atoms with Crippen LogP contribution in [0.3, 0.4) is 0 Å². The van der Waals surface area contributed by atoms with Crippen LogP contribution in [0.5, 0.6) is 0 Å². The second-order valence-electron chi connectivity index (χ2n) is 3.55. The van der Waals surface area contributed by atoms with E-state index in [2.05, 4.69) is 0 Å². The van der Waals surface area contributed by atoms with Crippen LogP contribution < -0.4 is 4.90 Å². The van der Waals surface area contributed by atoms with Crippen LogP contribution in [-0.2, 0) is 0 Å². The molecule has 5 heteroatoms. The lowest BCUT2D eigenvalue weighted by Crippen LogP contribution is -2.31. The second kappa shape index (κ2) is 4.44. The summed E-state index contributed by atoms with van der Waals surface area (Å²) in [5.74, 6) is 0. The molecule has 1 rings (SSSR count). The van der Waals surface area contributed by atoms with E-state index < -0.39 is 12.7 Å². The summed E-state index contributed by atoms with van der Waals surface area (Å²) in [6.45, 7) is 0.621. The van der Waals surface area contributed by atoms with Crippen molar-refractivity contribution in [3.8, 4) is 6.07 Å². The van der Waals surface area contributed by atoms with Gasteiger partial charge in [-0.2, -0.15) is 18.4 Å². The van der Waals surface area contributed by atoms with Crippen molar-refractivity contribution < 1.29 is 13.2 Å². The number of nitrogens with zero attached hydrogens (tertiary/aromatic N) is 2. The molecule has 0 atom stereocenters. The Kier molecular flexibility index (Phi) is 3.43. The van der Waals surface area contributed by atoms with Gasteiger partial charge in [0.05, 0.1) is 11.3 Å². The summed E-state index contributed by atoms with van der Waals surface area (Å²) >= 11 is 0. The van der Waals surface area contributed by atoms with Gasteiger partial charge >= 0.3 is 6.18 Å². The maximum absolute atomic E-state index is 12.2. The average molecular weight is 228 g/mol. The van der Waals surface area contributed by atoms with Crippen molar-refractivity contribution in [1.29, 1.82) is 5.26 Å². The van der Waals surface area contributed by atoms with Crippen LogP contribution in [0.15, 0.2) is 18.2 Å². The fourth-order valence-electron chi connectivity index (χ4n) is 1.60. The van der Waals surface area contributed by atoms with Crippen LogP contribution in [-0.4, -0.2) is 19.8 Å². The first-order valence-electron chi connectivity index (χ1n) is 4.63. The molecule has 0 aliphatic heterocycles. The number of benzene rings is 1. The molecule has 0 aliphatic rings. The lowest BCUT2D eigenvalue weighted by atomic mass is 10.1. The van der Waals surface area contributed by atoms with Crippen LogP contribution in [0.4, 0.5) is 18.9 Å². The van der Waals surface area contributed by atoms with Crippen LogP contribution in [0.2, 0.25) is 0 Å². The van der Waals surface area contributed by atoms with E-state index in [4.69, 9.17) is 5.26 Å². The largest absolute Gasteiger partial charge is 0.405 e. The highest BCUT2D eigenvalue weighted by molar-refractivity contribution is 5.63. The molecule has 0 amide bonds. The minimum atomic E-state index is -4.27. The molecular weight excluding hydrogens is 217 g/mol. The zero-order valence-corrected chi connectivity index (χ0v) is 8.97. The number of halogens is 3. The third-order valence-electron chi connectivity index (χ3n) is 2.16. The van der Waals surface area contributed by atoms with Crippen molar-refractivity contribution in [2.75, 3.05) is 18.5 Å². The smallest absolute Gasteiger partial charge is 0.364 e. The zero-order chi connectivity index (χ0) is 12.3. The Morgan fingerprint density at radius 2 is 2.00 bits per heavy atom. The maximum atomic E-state index is 12.2. The standard InChI is InChI=1S/C11H11F3N2/c1-8-4-3-5-9(6-15)10(8)16(2)7-11(12,13)14/h3-5H,7H2,1-2H3. The van der Waals surface area contributed by atoms with E-state index in [1.807, 2.05) is 6.07 Å². The van der Waals surface area contributed by atoms with E-state index in [1.165, 1.54) is 13.1 Å². The number of para-hydroxylation sites is 1. The van der Waals surface area contributed by atoms with Crippen LogP contribution in [0.1, 0.15) is 11.1 Å². The predicted octanol–water partition coefficient (Wildman–Crippen LogP) is 2.87. The molecule has 0 bridgehead atoms. The summed E-state index contributed by atoms with van der Waals surface area (Å²) in [4.78, 5) is 1.05. The molecule has 86 valence electrons. The molecule has 0 radical (unpaired) electrons. The van der Waals surface area contributed by atoms with Crippen molar-refractivity contribution in [1.82, 2.24) is 0 Å². The average Bonchev–Trinajstić information content (AvgIpc) is 2.14. The van der Waals surface area contributed by atoms with Gasteiger partial charge in [-0.1, -0.05) is 12.1 Å². The molecule has 0 aliphatic carbocycles. The third-order valence-corrected chi connectivity index (χ3v) is 2.16. The van der Waals surface area contributed by atoms with Crippen molar-refractivity contribution in [3.05, 3.63) is 29.3 Å². The Morgan fingerprint density at radius 3 is 2.50 bits per heavy atom. The highest BCUT2D eigenvalue weighted by Gasteiger charge is 2.30. The maximum Gasteiger partial charge on any atom is 0.405 e. The molecule has 0 saturated carbocycles. The monoisotopic (exact) mass is 228 g/mol. The quantitative estimate of drug-likeness (QED) is 0.778. The van der Waals surface area contributed by atoms with E-state index in [0.29, 0.717) is 11.3 Å². The number of anilines is 1. The third kappa shape index (κ3) is 2.89. The Morgan fingerprint density at radius 1 is 1.38 bits per heavy atom. The molecule has 0 fully saturated rings. The molecule has 2 nitrogen and oxygen atoms in total. The Bertz CT molecular complexity index is 418. The second-order valence-corrected chi connectivity index (χ2v) is 3.55. The summed E-state index contributed by atoms with van der Waals surface area (Å²) < 4.78 is 36.7. The topological polar surface area (TPSA) is 27.0 Å². The van der Waals surface area contributed by atoms with Gasteiger partial charge in [-0.05, 0) is 18.6 Å². The van der Waals surface area contributed by atoms with Crippen LogP contribution in [0, 0.1) is 18.3 Å². The van der Waals surface area contributed by atoms with Gasteiger partial charge in [-0.15, -0.1) is 0 Å². The molecule has 1 aromatic rings. The molecule has 0 N–H and O–H groups in total. The number of alkyl halides is 3. The molecule has 16 heavy (non-hydrogen) atoms. The first-order chi connectivity index (χ1) is 7.35. The predicted molar refractivity (Wildman–Crippen MR) is 55.2 cm³/mol. The molecular formula is C11H11F3N2. The minimum absolute atomic E-state index is 0.256. The van der Waals surface area contributed by atoms with Gasteiger partial charge in [-0.3, -0.25) is 0 Å². The van der Waals surface area contributed by atoms with Crippen LogP contribution >= 0.6 is 0 Å². The summed E-state index contributed by atoms with van der Waals surface area (Å²) in [5, 5.41) is 8.83. The van der Waals surface area contributed by atoms with Crippen LogP contribution in [0.25, 0.3) is 0 Å². The molecule has 0 heterocycles. The molecule has 0 saturated heterocycles. The van der Waals surface area contributed by atoms with Gasteiger partial charge in [0.2, 0.25) is 0 Å². The van der Waals surface area contributed by atoms with E-state index in [-0.39, 0.29) is 5.56 Å². The Hall–Kier alpha value is -1.70. The van der Waals surface area contributed by atoms with Gasteiger partial charge in [0, 0.05) is 7.05 Å². The fraction of sp³-hybridized carbons (Fsp3) is 0.364. The normalized spacial score (nSPS) is 11.0. The van der Waals surface area contributed by atoms with E-state index in [0.717, 1.165) is 4.90 Å². The lowest BCUT2D eigenvalue weighted by molar-refractivity contribution is -0.119. The van der Waals surface area contributed by atoms with Crippen molar-refractivity contribution in [2.45, 2.75) is 13.1 Å². The Balaban J connectivity index is 3.08. The summed E-state index contributed by atoms with van der Waals surface area (Å²) in [7, 11) is 1.33. The van der Waals surface area contributed by atoms with Gasteiger partial charge in [0.25, 0.3) is 0 Å². The number of nitriles is 1. The molecule has 0 spiro atoms. The first-order valence-corrected chi connectivity index (χ1v) is 4.63. The van der Waals surface area contributed by atoms with Gasteiger partial charge in [0.1, 0.15) is 12.6 Å². The molecule has 1 aromatic carbocycles. The zero-order valence-electron chi connectivity index (χ0n) is 8.97. The summed E-state index contributed by atoms with van der Waals surface area (Å²) in [5.41, 5.74) is 1.25. The first kappa shape index (κ1) is 12.4. The van der Waals surface area contributed by atoms with Gasteiger partial charge < -0.3 is 4.90 Å². The fourth-order valence-corrected chi connectivity index (χ4v) is 1.60. The SMILES string of the molecule is Cc1cccc(C#N)c1N(C)CC(F)(F)F. The minimum Gasteiger partial charge on any atom is -0.364 e. The number of rotatable bonds is 2.